The van der Waals surface area contributed by atoms with Gasteiger partial charge in [-0.3, -0.25) is 0 Å². The van der Waals surface area contributed by atoms with Crippen molar-refractivity contribution in [2.75, 3.05) is 0 Å². The summed E-state index contributed by atoms with van der Waals surface area (Å²) >= 11 is 0. The lowest BCUT2D eigenvalue weighted by Gasteiger charge is -2.30. The Morgan fingerprint density at radius 1 is 0.806 bits per heavy atom. The van der Waals surface area contributed by atoms with E-state index < -0.39 is 12.0 Å². The van der Waals surface area contributed by atoms with Crippen LogP contribution in [0.5, 0.6) is 5.75 Å². The van der Waals surface area contributed by atoms with Crippen molar-refractivity contribution >= 4 is 22.8 Å². The Morgan fingerprint density at radius 2 is 1.44 bits per heavy atom. The normalized spacial score (nSPS) is 15.2. The SMILES string of the molecule is CC1=C(C(=O)OCc2ccccc2)C(c2c(OCc3ccccc3)ccc3ccccc23)NC(=O)N1. The number of amides is 2. The molecule has 6 heteroatoms. The number of carbonyl (C=O) groups is 2. The first-order valence-electron chi connectivity index (χ1n) is 11.8. The first-order chi connectivity index (χ1) is 17.6. The summed E-state index contributed by atoms with van der Waals surface area (Å²) in [6, 6.07) is 29.9. The van der Waals surface area contributed by atoms with Crippen LogP contribution >= 0.6 is 0 Å². The zero-order chi connectivity index (χ0) is 24.9. The molecule has 5 rings (SSSR count). The molecule has 36 heavy (non-hydrogen) atoms. The first kappa shape index (κ1) is 23.2. The van der Waals surface area contributed by atoms with E-state index in [4.69, 9.17) is 9.47 Å². The summed E-state index contributed by atoms with van der Waals surface area (Å²) in [5.41, 5.74) is 3.39. The fourth-order valence-electron chi connectivity index (χ4n) is 4.42. The molecule has 4 aromatic carbocycles. The molecule has 0 fully saturated rings. The molecule has 4 aromatic rings. The standard InChI is InChI=1S/C30H26N2O4/c1-20-26(29(33)36-19-22-12-6-3-7-13-22)28(32-30(34)31-20)27-24-15-9-8-14-23(24)16-17-25(27)35-18-21-10-4-2-5-11-21/h2-17,28H,18-19H2,1H3,(H2,31,32,34). The van der Waals surface area contributed by atoms with Crippen molar-refractivity contribution in [2.45, 2.75) is 26.2 Å². The van der Waals surface area contributed by atoms with E-state index in [0.29, 0.717) is 29.2 Å². The van der Waals surface area contributed by atoms with Gasteiger partial charge >= 0.3 is 12.0 Å². The van der Waals surface area contributed by atoms with Crippen LogP contribution in [0.4, 0.5) is 4.79 Å². The van der Waals surface area contributed by atoms with Gasteiger partial charge in [0.05, 0.1) is 11.6 Å². The molecule has 0 saturated carbocycles. The molecule has 2 N–H and O–H groups in total. The van der Waals surface area contributed by atoms with Crippen LogP contribution in [0.3, 0.4) is 0 Å². The molecule has 0 saturated heterocycles. The van der Waals surface area contributed by atoms with Crippen molar-refractivity contribution in [3.05, 3.63) is 125 Å². The minimum Gasteiger partial charge on any atom is -0.489 e. The van der Waals surface area contributed by atoms with E-state index in [1.807, 2.05) is 97.1 Å². The second-order valence-corrected chi connectivity index (χ2v) is 8.60. The number of rotatable bonds is 7. The molecule has 0 radical (unpaired) electrons. The summed E-state index contributed by atoms with van der Waals surface area (Å²) in [5.74, 6) is 0.0849. The van der Waals surface area contributed by atoms with Gasteiger partial charge in [-0.1, -0.05) is 91.0 Å². The fraction of sp³-hybridized carbons (Fsp3) is 0.133. The van der Waals surface area contributed by atoms with Crippen molar-refractivity contribution < 1.29 is 19.1 Å². The van der Waals surface area contributed by atoms with Gasteiger partial charge in [0.1, 0.15) is 19.0 Å². The van der Waals surface area contributed by atoms with Crippen LogP contribution in [0.2, 0.25) is 0 Å². The summed E-state index contributed by atoms with van der Waals surface area (Å²) in [4.78, 5) is 26.0. The summed E-state index contributed by atoms with van der Waals surface area (Å²) in [5, 5.41) is 7.52. The molecule has 0 bridgehead atoms. The minimum absolute atomic E-state index is 0.129. The smallest absolute Gasteiger partial charge is 0.338 e. The molecule has 0 aromatic heterocycles. The molecule has 6 nitrogen and oxygen atoms in total. The summed E-state index contributed by atoms with van der Waals surface area (Å²) < 4.78 is 11.9. The number of hydrogen-bond acceptors (Lipinski definition) is 4. The van der Waals surface area contributed by atoms with Crippen LogP contribution in [0.25, 0.3) is 10.8 Å². The molecule has 0 aliphatic carbocycles. The summed E-state index contributed by atoms with van der Waals surface area (Å²) in [6.07, 6.45) is 0. The Labute approximate surface area is 209 Å². The van der Waals surface area contributed by atoms with Gasteiger partial charge in [0.25, 0.3) is 0 Å². The maximum absolute atomic E-state index is 13.4. The number of benzene rings is 4. The highest BCUT2D eigenvalue weighted by Crippen LogP contribution is 2.39. The Kier molecular flexibility index (Phi) is 6.67. The Morgan fingerprint density at radius 3 is 2.17 bits per heavy atom. The Bertz CT molecular complexity index is 1430. The van der Waals surface area contributed by atoms with E-state index in [1.54, 1.807) is 6.92 Å². The summed E-state index contributed by atoms with van der Waals surface area (Å²) in [6.45, 7) is 2.19. The van der Waals surface area contributed by atoms with Crippen molar-refractivity contribution in [2.24, 2.45) is 0 Å². The van der Waals surface area contributed by atoms with E-state index in [9.17, 15) is 9.59 Å². The zero-order valence-corrected chi connectivity index (χ0v) is 19.9. The number of fused-ring (bicyclic) bond motifs is 1. The monoisotopic (exact) mass is 478 g/mol. The molecule has 1 heterocycles. The topological polar surface area (TPSA) is 76.7 Å². The molecular formula is C30H26N2O4. The second-order valence-electron chi connectivity index (χ2n) is 8.60. The quantitative estimate of drug-likeness (QED) is 0.330. The van der Waals surface area contributed by atoms with Crippen LogP contribution in [-0.4, -0.2) is 12.0 Å². The number of ether oxygens (including phenoxy) is 2. The van der Waals surface area contributed by atoms with Crippen molar-refractivity contribution in [1.82, 2.24) is 10.6 Å². The third-order valence-corrected chi connectivity index (χ3v) is 6.16. The van der Waals surface area contributed by atoms with E-state index in [1.165, 1.54) is 0 Å². The fourth-order valence-corrected chi connectivity index (χ4v) is 4.42. The number of esters is 1. The van der Waals surface area contributed by atoms with Gasteiger partial charge in [-0.15, -0.1) is 0 Å². The van der Waals surface area contributed by atoms with Gasteiger partial charge in [-0.05, 0) is 34.9 Å². The molecule has 180 valence electrons. The molecule has 1 unspecified atom stereocenters. The average Bonchev–Trinajstić information content (AvgIpc) is 2.91. The van der Waals surface area contributed by atoms with Gasteiger partial charge in [0, 0.05) is 11.3 Å². The van der Waals surface area contributed by atoms with E-state index in [0.717, 1.165) is 21.9 Å². The van der Waals surface area contributed by atoms with Crippen LogP contribution in [0.15, 0.2) is 108 Å². The van der Waals surface area contributed by atoms with E-state index in [2.05, 4.69) is 10.6 Å². The zero-order valence-electron chi connectivity index (χ0n) is 19.9. The third-order valence-electron chi connectivity index (χ3n) is 6.16. The highest BCUT2D eigenvalue weighted by Gasteiger charge is 2.35. The van der Waals surface area contributed by atoms with Gasteiger partial charge in [-0.2, -0.15) is 0 Å². The molecular weight excluding hydrogens is 452 g/mol. The van der Waals surface area contributed by atoms with Crippen molar-refractivity contribution in [1.29, 1.82) is 0 Å². The first-order valence-corrected chi connectivity index (χ1v) is 11.8. The van der Waals surface area contributed by atoms with Gasteiger partial charge in [-0.25, -0.2) is 9.59 Å². The number of hydrogen-bond donors (Lipinski definition) is 2. The van der Waals surface area contributed by atoms with Gasteiger partial charge < -0.3 is 20.1 Å². The van der Waals surface area contributed by atoms with Gasteiger partial charge in [0.15, 0.2) is 0 Å². The van der Waals surface area contributed by atoms with Crippen LogP contribution in [0, 0.1) is 0 Å². The lowest BCUT2D eigenvalue weighted by Crippen LogP contribution is -2.45. The Balaban J connectivity index is 1.54. The average molecular weight is 479 g/mol. The maximum atomic E-state index is 13.4. The minimum atomic E-state index is -0.751. The highest BCUT2D eigenvalue weighted by molar-refractivity contribution is 5.98. The molecule has 0 spiro atoms. The summed E-state index contributed by atoms with van der Waals surface area (Å²) in [7, 11) is 0. The van der Waals surface area contributed by atoms with Gasteiger partial charge in [0.2, 0.25) is 0 Å². The number of nitrogens with one attached hydrogen (secondary N) is 2. The van der Waals surface area contributed by atoms with E-state index >= 15 is 0 Å². The molecule has 1 aliphatic rings. The number of allylic oxidation sites excluding steroid dienone is 1. The van der Waals surface area contributed by atoms with Crippen molar-refractivity contribution in [3.8, 4) is 5.75 Å². The van der Waals surface area contributed by atoms with E-state index in [-0.39, 0.29) is 12.6 Å². The molecule has 1 aliphatic heterocycles. The third kappa shape index (κ3) is 4.93. The largest absolute Gasteiger partial charge is 0.489 e. The van der Waals surface area contributed by atoms with Crippen LogP contribution in [0.1, 0.15) is 29.7 Å². The molecule has 1 atom stereocenters. The number of urea groups is 1. The maximum Gasteiger partial charge on any atom is 0.338 e. The highest BCUT2D eigenvalue weighted by atomic mass is 16.5. The second kappa shape index (κ2) is 10.4. The van der Waals surface area contributed by atoms with Crippen LogP contribution < -0.4 is 15.4 Å². The Hall–Kier alpha value is -4.58. The number of carbonyl (C=O) groups excluding carboxylic acids is 2. The lowest BCUT2D eigenvalue weighted by molar-refractivity contribution is -0.140. The van der Waals surface area contributed by atoms with Crippen LogP contribution in [-0.2, 0) is 22.7 Å². The predicted molar refractivity (Wildman–Crippen MR) is 138 cm³/mol. The van der Waals surface area contributed by atoms with Crippen molar-refractivity contribution in [3.63, 3.8) is 0 Å². The lowest BCUT2D eigenvalue weighted by atomic mass is 9.90. The molecule has 2 amide bonds. The predicted octanol–water partition coefficient (Wildman–Crippen LogP) is 5.79.